The standard InChI is InChI=1S/C8H12ClNO3S/c1-6-8(4-7(5-9)13-6)14(11,12)10(2)3/h4H,5H2,1-3H3. The fourth-order valence-corrected chi connectivity index (χ4v) is 2.25. The topological polar surface area (TPSA) is 50.5 Å². The molecule has 0 radical (unpaired) electrons. The van der Waals surface area contributed by atoms with Gasteiger partial charge in [0.25, 0.3) is 0 Å². The Morgan fingerprint density at radius 1 is 1.50 bits per heavy atom. The molecule has 0 aromatic carbocycles. The van der Waals surface area contributed by atoms with Gasteiger partial charge in [-0.15, -0.1) is 11.6 Å². The number of alkyl halides is 1. The molecule has 0 atom stereocenters. The van der Waals surface area contributed by atoms with Crippen LogP contribution in [0.3, 0.4) is 0 Å². The van der Waals surface area contributed by atoms with E-state index in [1.807, 2.05) is 0 Å². The summed E-state index contributed by atoms with van der Waals surface area (Å²) in [4.78, 5) is 0.179. The van der Waals surface area contributed by atoms with Crippen LogP contribution in [0.5, 0.6) is 0 Å². The van der Waals surface area contributed by atoms with Gasteiger partial charge in [-0.3, -0.25) is 0 Å². The molecule has 1 heterocycles. The molecule has 0 fully saturated rings. The monoisotopic (exact) mass is 237 g/mol. The molecule has 0 bridgehead atoms. The van der Waals surface area contributed by atoms with Gasteiger partial charge in [-0.05, 0) is 6.92 Å². The van der Waals surface area contributed by atoms with E-state index in [-0.39, 0.29) is 10.8 Å². The minimum atomic E-state index is -3.42. The first kappa shape index (κ1) is 11.6. The normalized spacial score (nSPS) is 12.4. The molecule has 0 aliphatic carbocycles. The molecule has 0 saturated heterocycles. The zero-order valence-corrected chi connectivity index (χ0v) is 9.82. The molecule has 4 nitrogen and oxygen atoms in total. The third kappa shape index (κ3) is 1.94. The molecule has 0 amide bonds. The van der Waals surface area contributed by atoms with E-state index in [1.54, 1.807) is 6.92 Å². The minimum Gasteiger partial charge on any atom is -0.464 e. The lowest BCUT2D eigenvalue weighted by Crippen LogP contribution is -2.22. The minimum absolute atomic E-state index is 0.170. The van der Waals surface area contributed by atoms with Crippen LogP contribution in [0.1, 0.15) is 11.5 Å². The number of hydrogen-bond donors (Lipinski definition) is 0. The van der Waals surface area contributed by atoms with Crippen molar-refractivity contribution in [3.8, 4) is 0 Å². The van der Waals surface area contributed by atoms with Crippen LogP contribution in [-0.4, -0.2) is 26.8 Å². The van der Waals surface area contributed by atoms with Crippen LogP contribution < -0.4 is 0 Å². The first-order valence-corrected chi connectivity index (χ1v) is 5.95. The van der Waals surface area contributed by atoms with Crippen LogP contribution in [-0.2, 0) is 15.9 Å². The van der Waals surface area contributed by atoms with Gasteiger partial charge in [0.2, 0.25) is 10.0 Å². The van der Waals surface area contributed by atoms with Gasteiger partial charge in [-0.2, -0.15) is 0 Å². The molecule has 1 aromatic rings. The van der Waals surface area contributed by atoms with Crippen LogP contribution in [0.15, 0.2) is 15.4 Å². The SMILES string of the molecule is Cc1oc(CCl)cc1S(=O)(=O)N(C)C. The highest BCUT2D eigenvalue weighted by Gasteiger charge is 2.23. The summed E-state index contributed by atoms with van der Waals surface area (Å²) in [6.45, 7) is 1.60. The lowest BCUT2D eigenvalue weighted by molar-refractivity contribution is 0.485. The lowest BCUT2D eigenvalue weighted by Gasteiger charge is -2.09. The van der Waals surface area contributed by atoms with Gasteiger partial charge in [-0.25, -0.2) is 12.7 Å². The van der Waals surface area contributed by atoms with Crippen molar-refractivity contribution >= 4 is 21.6 Å². The van der Waals surface area contributed by atoms with E-state index in [0.717, 1.165) is 4.31 Å². The van der Waals surface area contributed by atoms with E-state index < -0.39 is 10.0 Å². The Hall–Kier alpha value is -0.520. The Morgan fingerprint density at radius 2 is 2.07 bits per heavy atom. The fraction of sp³-hybridized carbons (Fsp3) is 0.500. The Morgan fingerprint density at radius 3 is 2.43 bits per heavy atom. The van der Waals surface area contributed by atoms with Crippen LogP contribution in [0, 0.1) is 6.92 Å². The molecule has 1 rings (SSSR count). The summed E-state index contributed by atoms with van der Waals surface area (Å²) in [6, 6.07) is 1.46. The first-order chi connectivity index (χ1) is 6.39. The van der Waals surface area contributed by atoms with E-state index >= 15 is 0 Å². The highest BCUT2D eigenvalue weighted by Crippen LogP contribution is 2.22. The predicted octanol–water partition coefficient (Wildman–Crippen LogP) is 1.58. The second-order valence-electron chi connectivity index (χ2n) is 3.05. The molecular formula is C8H12ClNO3S. The lowest BCUT2D eigenvalue weighted by atomic mass is 10.4. The zero-order chi connectivity index (χ0) is 10.9. The molecule has 0 spiro atoms. The van der Waals surface area contributed by atoms with Crippen molar-refractivity contribution in [1.82, 2.24) is 4.31 Å². The number of sulfonamides is 1. The maximum Gasteiger partial charge on any atom is 0.246 e. The highest BCUT2D eigenvalue weighted by atomic mass is 35.5. The maximum atomic E-state index is 11.7. The second kappa shape index (κ2) is 3.92. The van der Waals surface area contributed by atoms with Gasteiger partial charge < -0.3 is 4.42 Å². The van der Waals surface area contributed by atoms with Crippen molar-refractivity contribution in [2.45, 2.75) is 17.7 Å². The third-order valence-corrected chi connectivity index (χ3v) is 4.00. The summed E-state index contributed by atoms with van der Waals surface area (Å²) in [5, 5.41) is 0. The number of furan rings is 1. The van der Waals surface area contributed by atoms with Crippen LogP contribution in [0.2, 0.25) is 0 Å². The van der Waals surface area contributed by atoms with Gasteiger partial charge in [-0.1, -0.05) is 0 Å². The third-order valence-electron chi connectivity index (χ3n) is 1.81. The Kier molecular flexibility index (Phi) is 3.24. The van der Waals surface area contributed by atoms with Crippen molar-refractivity contribution in [2.24, 2.45) is 0 Å². The number of hydrogen-bond acceptors (Lipinski definition) is 3. The molecular weight excluding hydrogens is 226 g/mol. The van der Waals surface area contributed by atoms with Gasteiger partial charge in [0, 0.05) is 20.2 Å². The summed E-state index contributed by atoms with van der Waals surface area (Å²) >= 11 is 5.54. The number of rotatable bonds is 3. The average Bonchev–Trinajstić information content (AvgIpc) is 2.47. The smallest absolute Gasteiger partial charge is 0.246 e. The quantitative estimate of drug-likeness (QED) is 0.750. The molecule has 14 heavy (non-hydrogen) atoms. The average molecular weight is 238 g/mol. The Bertz CT molecular complexity index is 422. The van der Waals surface area contributed by atoms with Gasteiger partial charge in [0.15, 0.2) is 0 Å². The molecule has 6 heteroatoms. The Labute approximate surface area is 88.5 Å². The summed E-state index contributed by atoms with van der Waals surface area (Å²) in [5.74, 6) is 1.00. The largest absolute Gasteiger partial charge is 0.464 e. The van der Waals surface area contributed by atoms with Gasteiger partial charge >= 0.3 is 0 Å². The number of halogens is 1. The maximum absolute atomic E-state index is 11.7. The summed E-state index contributed by atoms with van der Waals surface area (Å²) in [6.07, 6.45) is 0. The number of nitrogens with zero attached hydrogens (tertiary/aromatic N) is 1. The fourth-order valence-electron chi connectivity index (χ4n) is 1.04. The molecule has 0 saturated carbocycles. The van der Waals surface area contributed by atoms with Gasteiger partial charge in [0.1, 0.15) is 16.4 Å². The molecule has 0 aliphatic heterocycles. The number of aryl methyl sites for hydroxylation is 1. The summed E-state index contributed by atoms with van der Waals surface area (Å²) < 4.78 is 29.7. The molecule has 1 aromatic heterocycles. The van der Waals surface area contributed by atoms with Crippen LogP contribution >= 0.6 is 11.6 Å². The first-order valence-electron chi connectivity index (χ1n) is 3.97. The summed E-state index contributed by atoms with van der Waals surface area (Å²) in [7, 11) is -0.467. The second-order valence-corrected chi connectivity index (χ2v) is 5.44. The van der Waals surface area contributed by atoms with E-state index in [0.29, 0.717) is 11.5 Å². The van der Waals surface area contributed by atoms with E-state index in [1.165, 1.54) is 20.2 Å². The molecule has 0 unspecified atom stereocenters. The molecule has 80 valence electrons. The van der Waals surface area contributed by atoms with Crippen molar-refractivity contribution < 1.29 is 12.8 Å². The van der Waals surface area contributed by atoms with Crippen LogP contribution in [0.25, 0.3) is 0 Å². The van der Waals surface area contributed by atoms with Crippen molar-refractivity contribution in [1.29, 1.82) is 0 Å². The summed E-state index contributed by atoms with van der Waals surface area (Å²) in [5.41, 5.74) is 0. The van der Waals surface area contributed by atoms with Crippen LogP contribution in [0.4, 0.5) is 0 Å². The molecule has 0 N–H and O–H groups in total. The molecule has 0 aliphatic rings. The van der Waals surface area contributed by atoms with E-state index in [4.69, 9.17) is 16.0 Å². The van der Waals surface area contributed by atoms with E-state index in [2.05, 4.69) is 0 Å². The predicted molar refractivity (Wildman–Crippen MR) is 53.9 cm³/mol. The van der Waals surface area contributed by atoms with Crippen molar-refractivity contribution in [3.63, 3.8) is 0 Å². The van der Waals surface area contributed by atoms with Crippen molar-refractivity contribution in [3.05, 3.63) is 17.6 Å². The van der Waals surface area contributed by atoms with Crippen molar-refractivity contribution in [2.75, 3.05) is 14.1 Å². The van der Waals surface area contributed by atoms with Gasteiger partial charge in [0.05, 0.1) is 5.88 Å². The highest BCUT2D eigenvalue weighted by molar-refractivity contribution is 7.89. The van der Waals surface area contributed by atoms with E-state index in [9.17, 15) is 8.42 Å². The Balaban J connectivity index is 3.26. The zero-order valence-electron chi connectivity index (χ0n) is 8.24.